The largest absolute Gasteiger partial charge is 0.321 e. The average molecular weight is 244 g/mol. The van der Waals surface area contributed by atoms with E-state index in [1.807, 2.05) is 13.8 Å². The van der Waals surface area contributed by atoms with E-state index in [0.717, 1.165) is 24.1 Å². The molecule has 0 amide bonds. The summed E-state index contributed by atoms with van der Waals surface area (Å²) < 4.78 is 1.57. The van der Waals surface area contributed by atoms with Crippen LogP contribution in [0.25, 0.3) is 0 Å². The Morgan fingerprint density at radius 2 is 2.25 bits per heavy atom. The van der Waals surface area contributed by atoms with Gasteiger partial charge in [0.15, 0.2) is 5.78 Å². The molecule has 0 fully saturated rings. The molecule has 1 heterocycles. The fourth-order valence-corrected chi connectivity index (χ4v) is 1.89. The van der Waals surface area contributed by atoms with E-state index >= 15 is 0 Å². The zero-order chi connectivity index (χ0) is 12.3. The molecule has 0 aromatic carbocycles. The van der Waals surface area contributed by atoms with E-state index in [1.54, 1.807) is 11.7 Å². The van der Waals surface area contributed by atoms with Crippen molar-refractivity contribution in [2.24, 2.45) is 12.8 Å². The molecule has 1 unspecified atom stereocenters. The second-order valence-electron chi connectivity index (χ2n) is 4.02. The van der Waals surface area contributed by atoms with E-state index in [1.165, 1.54) is 0 Å². The first-order valence-corrected chi connectivity index (χ1v) is 5.81. The smallest absolute Gasteiger partial charge is 0.154 e. The Labute approximate surface area is 101 Å². The molecule has 0 aliphatic rings. The van der Waals surface area contributed by atoms with Gasteiger partial charge in [-0.15, -0.1) is 0 Å². The highest BCUT2D eigenvalue weighted by Crippen LogP contribution is 2.19. The predicted molar refractivity (Wildman–Crippen MR) is 64.5 cm³/mol. The van der Waals surface area contributed by atoms with Crippen molar-refractivity contribution in [2.75, 3.05) is 0 Å². The van der Waals surface area contributed by atoms with Crippen molar-refractivity contribution in [1.29, 1.82) is 0 Å². The number of rotatable bonds is 5. The molecule has 0 saturated heterocycles. The summed E-state index contributed by atoms with van der Waals surface area (Å²) in [5, 5.41) is 4.68. The van der Waals surface area contributed by atoms with Gasteiger partial charge >= 0.3 is 0 Å². The Hall–Kier alpha value is -0.870. The average Bonchev–Trinajstić information content (AvgIpc) is 2.45. The monoisotopic (exact) mass is 243 g/mol. The summed E-state index contributed by atoms with van der Waals surface area (Å²) in [6.45, 7) is 3.86. The van der Waals surface area contributed by atoms with Gasteiger partial charge in [0.2, 0.25) is 0 Å². The third-order valence-electron chi connectivity index (χ3n) is 2.63. The lowest BCUT2D eigenvalue weighted by Gasteiger charge is -2.08. The number of ketones is 1. The summed E-state index contributed by atoms with van der Waals surface area (Å²) >= 11 is 6.05. The van der Waals surface area contributed by atoms with Gasteiger partial charge in [-0.05, 0) is 13.3 Å². The van der Waals surface area contributed by atoms with Crippen molar-refractivity contribution in [3.8, 4) is 0 Å². The van der Waals surface area contributed by atoms with E-state index in [0.29, 0.717) is 5.15 Å². The van der Waals surface area contributed by atoms with Gasteiger partial charge < -0.3 is 5.73 Å². The first kappa shape index (κ1) is 13.2. The van der Waals surface area contributed by atoms with Gasteiger partial charge in [0.25, 0.3) is 0 Å². The highest BCUT2D eigenvalue weighted by atomic mass is 35.5. The molecular weight excluding hydrogens is 226 g/mol. The minimum Gasteiger partial charge on any atom is -0.321 e. The molecule has 1 rings (SSSR count). The Bertz CT molecular complexity index is 387. The van der Waals surface area contributed by atoms with Crippen LogP contribution in [0.3, 0.4) is 0 Å². The topological polar surface area (TPSA) is 60.9 Å². The molecule has 1 aromatic rings. The van der Waals surface area contributed by atoms with Crippen LogP contribution >= 0.6 is 11.6 Å². The molecule has 0 spiro atoms. The standard InChI is InChI=1S/C11H18ClN3O/c1-4-5-9(13)10(16)6-8-7(2)14-15(3)11(8)12/h9H,4-6,13H2,1-3H3. The summed E-state index contributed by atoms with van der Waals surface area (Å²) in [6.07, 6.45) is 1.90. The highest BCUT2D eigenvalue weighted by Gasteiger charge is 2.18. The van der Waals surface area contributed by atoms with Crippen molar-refractivity contribution < 1.29 is 4.79 Å². The van der Waals surface area contributed by atoms with Crippen LogP contribution in [0, 0.1) is 6.92 Å². The maximum Gasteiger partial charge on any atom is 0.154 e. The van der Waals surface area contributed by atoms with Crippen LogP contribution in [0.1, 0.15) is 31.0 Å². The number of nitrogens with two attached hydrogens (primary N) is 1. The molecule has 0 radical (unpaired) electrons. The van der Waals surface area contributed by atoms with Crippen LogP contribution in [0.2, 0.25) is 5.15 Å². The summed E-state index contributed by atoms with van der Waals surface area (Å²) in [7, 11) is 1.76. The van der Waals surface area contributed by atoms with Crippen LogP contribution in [0.5, 0.6) is 0 Å². The lowest BCUT2D eigenvalue weighted by atomic mass is 10.0. The minimum atomic E-state index is -0.388. The van der Waals surface area contributed by atoms with Crippen LogP contribution in [0.4, 0.5) is 0 Å². The van der Waals surface area contributed by atoms with Crippen LogP contribution in [0.15, 0.2) is 0 Å². The molecule has 1 atom stereocenters. The number of aromatic nitrogens is 2. The number of Topliss-reactive ketones (excluding diaryl/α,β-unsaturated/α-hetero) is 1. The predicted octanol–water partition coefficient (Wildman–Crippen LogP) is 1.62. The number of halogens is 1. The molecule has 2 N–H and O–H groups in total. The van der Waals surface area contributed by atoms with Crippen molar-refractivity contribution in [3.05, 3.63) is 16.4 Å². The first-order chi connectivity index (χ1) is 7.47. The maximum absolute atomic E-state index is 11.8. The molecule has 0 aliphatic heterocycles. The van der Waals surface area contributed by atoms with Gasteiger partial charge in [-0.1, -0.05) is 24.9 Å². The van der Waals surface area contributed by atoms with Crippen molar-refractivity contribution in [2.45, 2.75) is 39.2 Å². The second kappa shape index (κ2) is 5.46. The molecule has 0 saturated carbocycles. The van der Waals surface area contributed by atoms with E-state index in [9.17, 15) is 4.79 Å². The van der Waals surface area contributed by atoms with Gasteiger partial charge in [-0.2, -0.15) is 5.10 Å². The molecular formula is C11H18ClN3O. The quantitative estimate of drug-likeness (QED) is 0.855. The van der Waals surface area contributed by atoms with E-state index in [2.05, 4.69) is 5.10 Å². The lowest BCUT2D eigenvalue weighted by Crippen LogP contribution is -2.31. The fraction of sp³-hybridized carbons (Fsp3) is 0.636. The summed E-state index contributed by atoms with van der Waals surface area (Å²) in [5.41, 5.74) is 7.35. The Morgan fingerprint density at radius 3 is 2.69 bits per heavy atom. The maximum atomic E-state index is 11.8. The van der Waals surface area contributed by atoms with E-state index in [-0.39, 0.29) is 18.2 Å². The zero-order valence-electron chi connectivity index (χ0n) is 9.96. The third-order valence-corrected chi connectivity index (χ3v) is 3.11. The SMILES string of the molecule is CCCC(N)C(=O)Cc1c(C)nn(C)c1Cl. The molecule has 4 nitrogen and oxygen atoms in total. The van der Waals surface area contributed by atoms with Gasteiger partial charge in [0.05, 0.1) is 11.7 Å². The third kappa shape index (κ3) is 2.83. The van der Waals surface area contributed by atoms with E-state index in [4.69, 9.17) is 17.3 Å². The van der Waals surface area contributed by atoms with Gasteiger partial charge in [-0.3, -0.25) is 9.48 Å². The van der Waals surface area contributed by atoms with Crippen LogP contribution in [-0.4, -0.2) is 21.6 Å². The zero-order valence-corrected chi connectivity index (χ0v) is 10.7. The number of hydrogen-bond donors (Lipinski definition) is 1. The van der Waals surface area contributed by atoms with Crippen LogP contribution < -0.4 is 5.73 Å². The Morgan fingerprint density at radius 1 is 1.62 bits per heavy atom. The molecule has 1 aromatic heterocycles. The van der Waals surface area contributed by atoms with Gasteiger partial charge in [0.1, 0.15) is 5.15 Å². The number of aryl methyl sites for hydroxylation is 2. The Kier molecular flexibility index (Phi) is 4.50. The number of carbonyl (C=O) groups is 1. The summed E-state index contributed by atoms with van der Waals surface area (Å²) in [4.78, 5) is 11.8. The number of nitrogens with zero attached hydrogens (tertiary/aromatic N) is 2. The fourth-order valence-electron chi connectivity index (χ4n) is 1.65. The first-order valence-electron chi connectivity index (χ1n) is 5.43. The summed E-state index contributed by atoms with van der Waals surface area (Å²) in [5.74, 6) is 0.0276. The van der Waals surface area contributed by atoms with Crippen molar-refractivity contribution >= 4 is 17.4 Å². The summed E-state index contributed by atoms with van der Waals surface area (Å²) in [6, 6.07) is -0.388. The van der Waals surface area contributed by atoms with Crippen LogP contribution in [-0.2, 0) is 18.3 Å². The highest BCUT2D eigenvalue weighted by molar-refractivity contribution is 6.30. The van der Waals surface area contributed by atoms with Crippen molar-refractivity contribution in [1.82, 2.24) is 9.78 Å². The number of hydrogen-bond acceptors (Lipinski definition) is 3. The molecule has 0 bridgehead atoms. The minimum absolute atomic E-state index is 0.0276. The van der Waals surface area contributed by atoms with E-state index < -0.39 is 0 Å². The van der Waals surface area contributed by atoms with Gasteiger partial charge in [0, 0.05) is 19.0 Å². The molecule has 5 heteroatoms. The molecule has 90 valence electrons. The molecule has 0 aliphatic carbocycles. The second-order valence-corrected chi connectivity index (χ2v) is 4.37. The Balaban J connectivity index is 2.77. The van der Waals surface area contributed by atoms with Gasteiger partial charge in [-0.25, -0.2) is 0 Å². The molecule has 16 heavy (non-hydrogen) atoms. The normalized spacial score (nSPS) is 12.8. The lowest BCUT2D eigenvalue weighted by molar-refractivity contribution is -0.119. The number of carbonyl (C=O) groups excluding carboxylic acids is 1. The van der Waals surface area contributed by atoms with Crippen molar-refractivity contribution in [3.63, 3.8) is 0 Å².